The molecule has 0 radical (unpaired) electrons. The minimum absolute atomic E-state index is 0.0359. The van der Waals surface area contributed by atoms with E-state index in [2.05, 4.69) is 31.2 Å². The van der Waals surface area contributed by atoms with E-state index in [4.69, 9.17) is 4.74 Å². The lowest BCUT2D eigenvalue weighted by Crippen LogP contribution is -2.37. The van der Waals surface area contributed by atoms with E-state index in [0.717, 1.165) is 30.8 Å². The number of hydrogen-bond donors (Lipinski definition) is 1. The second-order valence-corrected chi connectivity index (χ2v) is 7.15. The maximum atomic E-state index is 12.5. The van der Waals surface area contributed by atoms with E-state index in [-0.39, 0.29) is 18.4 Å². The van der Waals surface area contributed by atoms with Crippen LogP contribution in [-0.4, -0.2) is 61.4 Å². The molecule has 0 spiro atoms. The topological polar surface area (TPSA) is 61.9 Å². The molecule has 1 aromatic rings. The number of fused-ring (bicyclic) bond motifs is 1. The maximum Gasteiger partial charge on any atom is 0.260 e. The van der Waals surface area contributed by atoms with Crippen LogP contribution in [0.1, 0.15) is 25.3 Å². The smallest absolute Gasteiger partial charge is 0.260 e. The van der Waals surface area contributed by atoms with Crippen LogP contribution in [0.15, 0.2) is 18.2 Å². The maximum absolute atomic E-state index is 12.5. The van der Waals surface area contributed by atoms with Crippen LogP contribution < -0.4 is 10.1 Å². The van der Waals surface area contributed by atoms with Crippen molar-refractivity contribution in [2.45, 2.75) is 32.2 Å². The van der Waals surface area contributed by atoms with Crippen molar-refractivity contribution >= 4 is 17.5 Å². The summed E-state index contributed by atoms with van der Waals surface area (Å²) in [7, 11) is 4.15. The summed E-state index contributed by atoms with van der Waals surface area (Å²) in [6.07, 6.45) is 2.28. The largest absolute Gasteiger partial charge is 0.484 e. The number of likely N-dealkylation sites (tertiary alicyclic amines) is 1. The summed E-state index contributed by atoms with van der Waals surface area (Å²) >= 11 is 0. The average Bonchev–Trinajstić information content (AvgIpc) is 3.04. The van der Waals surface area contributed by atoms with Crippen molar-refractivity contribution in [1.82, 2.24) is 9.80 Å². The van der Waals surface area contributed by atoms with Gasteiger partial charge in [0.25, 0.3) is 5.91 Å². The summed E-state index contributed by atoms with van der Waals surface area (Å²) in [4.78, 5) is 28.0. The molecular weight excluding hydrogens is 318 g/mol. The zero-order valence-electron chi connectivity index (χ0n) is 15.2. The predicted octanol–water partition coefficient (Wildman–Crippen LogP) is 1.75. The monoisotopic (exact) mass is 345 g/mol. The van der Waals surface area contributed by atoms with E-state index in [1.807, 2.05) is 17.0 Å². The van der Waals surface area contributed by atoms with Gasteiger partial charge >= 0.3 is 0 Å². The first-order valence-corrected chi connectivity index (χ1v) is 8.97. The molecule has 1 saturated heterocycles. The number of nitrogens with one attached hydrogen (secondary N) is 1. The third kappa shape index (κ3) is 3.95. The average molecular weight is 345 g/mol. The zero-order valence-corrected chi connectivity index (χ0v) is 15.2. The Morgan fingerprint density at radius 2 is 2.12 bits per heavy atom. The van der Waals surface area contributed by atoms with Crippen LogP contribution in [0.3, 0.4) is 0 Å². The van der Waals surface area contributed by atoms with Gasteiger partial charge in [0.2, 0.25) is 5.91 Å². The summed E-state index contributed by atoms with van der Waals surface area (Å²) < 4.78 is 5.72. The molecule has 0 bridgehead atoms. The van der Waals surface area contributed by atoms with Gasteiger partial charge in [-0.15, -0.1) is 0 Å². The number of rotatable bonds is 5. The highest BCUT2D eigenvalue weighted by atomic mass is 16.5. The normalized spacial score (nSPS) is 22.7. The van der Waals surface area contributed by atoms with E-state index in [9.17, 15) is 9.59 Å². The molecule has 3 rings (SSSR count). The lowest BCUT2D eigenvalue weighted by atomic mass is 10.0. The van der Waals surface area contributed by atoms with Crippen molar-refractivity contribution in [1.29, 1.82) is 0 Å². The van der Waals surface area contributed by atoms with Crippen LogP contribution in [0.4, 0.5) is 5.69 Å². The molecule has 0 aromatic heterocycles. The van der Waals surface area contributed by atoms with Gasteiger partial charge in [0, 0.05) is 31.2 Å². The van der Waals surface area contributed by atoms with Gasteiger partial charge < -0.3 is 19.9 Å². The summed E-state index contributed by atoms with van der Waals surface area (Å²) in [5.74, 6) is 1.28. The Labute approximate surface area is 149 Å². The quantitative estimate of drug-likeness (QED) is 0.883. The molecule has 2 aliphatic rings. The van der Waals surface area contributed by atoms with E-state index >= 15 is 0 Å². The Bertz CT molecular complexity index is 659. The van der Waals surface area contributed by atoms with Crippen molar-refractivity contribution in [3.63, 3.8) is 0 Å². The van der Waals surface area contributed by atoms with Crippen LogP contribution >= 0.6 is 0 Å². The molecule has 2 aliphatic heterocycles. The molecule has 25 heavy (non-hydrogen) atoms. The number of nitrogens with zero attached hydrogens (tertiary/aromatic N) is 2. The third-order valence-electron chi connectivity index (χ3n) is 5.28. The second kappa shape index (κ2) is 7.44. The lowest BCUT2D eigenvalue weighted by Gasteiger charge is -2.23. The molecule has 1 fully saturated rings. The molecule has 0 aliphatic carbocycles. The van der Waals surface area contributed by atoms with Gasteiger partial charge in [-0.3, -0.25) is 9.59 Å². The molecule has 2 atom stereocenters. The van der Waals surface area contributed by atoms with Crippen molar-refractivity contribution in [3.8, 4) is 5.75 Å². The molecule has 1 N–H and O–H groups in total. The molecule has 2 amide bonds. The number of ether oxygens (including phenoxy) is 1. The van der Waals surface area contributed by atoms with Gasteiger partial charge in [-0.25, -0.2) is 0 Å². The van der Waals surface area contributed by atoms with Crippen LogP contribution in [-0.2, 0) is 16.0 Å². The molecular formula is C19H27N3O3. The standard InChI is InChI=1S/C19H27N3O3/c1-4-13-10-22(11-17(13)21(2)3)19(24)12-25-15-6-7-16-14(9-15)5-8-18(23)20-16/h6-7,9,13,17H,4-5,8,10-12H2,1-3H3,(H,20,23)/t13-,17-/m1/s1. The van der Waals surface area contributed by atoms with Gasteiger partial charge in [0.1, 0.15) is 5.75 Å². The van der Waals surface area contributed by atoms with Crippen LogP contribution in [0.25, 0.3) is 0 Å². The fourth-order valence-corrected chi connectivity index (χ4v) is 3.73. The number of benzene rings is 1. The van der Waals surface area contributed by atoms with E-state index in [1.165, 1.54) is 0 Å². The summed E-state index contributed by atoms with van der Waals surface area (Å²) in [6.45, 7) is 3.81. The second-order valence-electron chi connectivity index (χ2n) is 7.15. The number of anilines is 1. The number of amides is 2. The van der Waals surface area contributed by atoms with Gasteiger partial charge in [-0.05, 0) is 50.2 Å². The van der Waals surface area contributed by atoms with E-state index in [0.29, 0.717) is 30.6 Å². The highest BCUT2D eigenvalue weighted by molar-refractivity contribution is 5.94. The number of likely N-dealkylation sites (N-methyl/N-ethyl adjacent to an activating group) is 1. The van der Waals surface area contributed by atoms with Gasteiger partial charge in [0.05, 0.1) is 0 Å². The summed E-state index contributed by atoms with van der Waals surface area (Å²) in [6, 6.07) is 5.99. The number of carbonyl (C=O) groups excluding carboxylic acids is 2. The van der Waals surface area contributed by atoms with Crippen LogP contribution in [0, 0.1) is 5.92 Å². The Hall–Kier alpha value is -2.08. The first-order valence-electron chi connectivity index (χ1n) is 8.97. The SMILES string of the molecule is CC[C@@H]1CN(C(=O)COc2ccc3c(c2)CCC(=O)N3)C[C@H]1N(C)C. The Morgan fingerprint density at radius 1 is 1.32 bits per heavy atom. The third-order valence-corrected chi connectivity index (χ3v) is 5.28. The fraction of sp³-hybridized carbons (Fsp3) is 0.579. The number of hydrogen-bond acceptors (Lipinski definition) is 4. The first-order chi connectivity index (χ1) is 12.0. The van der Waals surface area contributed by atoms with Gasteiger partial charge in [0.15, 0.2) is 6.61 Å². The number of aryl methyl sites for hydroxylation is 1. The van der Waals surface area contributed by atoms with Crippen LogP contribution in [0.5, 0.6) is 5.75 Å². The molecule has 136 valence electrons. The molecule has 6 nitrogen and oxygen atoms in total. The van der Waals surface area contributed by atoms with Crippen molar-refractivity contribution in [2.24, 2.45) is 5.92 Å². The van der Waals surface area contributed by atoms with Gasteiger partial charge in [-0.1, -0.05) is 13.3 Å². The Morgan fingerprint density at radius 3 is 2.80 bits per heavy atom. The van der Waals surface area contributed by atoms with Crippen LogP contribution in [0.2, 0.25) is 0 Å². The van der Waals surface area contributed by atoms with E-state index < -0.39 is 0 Å². The minimum Gasteiger partial charge on any atom is -0.484 e. The van der Waals surface area contributed by atoms with E-state index in [1.54, 1.807) is 6.07 Å². The molecule has 2 heterocycles. The van der Waals surface area contributed by atoms with Gasteiger partial charge in [-0.2, -0.15) is 0 Å². The molecule has 1 aromatic carbocycles. The highest BCUT2D eigenvalue weighted by Crippen LogP contribution is 2.27. The van der Waals surface area contributed by atoms with Crippen molar-refractivity contribution in [3.05, 3.63) is 23.8 Å². The Balaban J connectivity index is 1.57. The molecule has 0 saturated carbocycles. The summed E-state index contributed by atoms with van der Waals surface area (Å²) in [5.41, 5.74) is 1.90. The number of carbonyl (C=O) groups is 2. The van der Waals surface area contributed by atoms with Crippen molar-refractivity contribution in [2.75, 3.05) is 39.1 Å². The molecule has 6 heteroatoms. The molecule has 0 unspecified atom stereocenters. The predicted molar refractivity (Wildman–Crippen MR) is 96.7 cm³/mol. The highest BCUT2D eigenvalue weighted by Gasteiger charge is 2.35. The lowest BCUT2D eigenvalue weighted by molar-refractivity contribution is -0.132. The first kappa shape index (κ1) is 17.7. The zero-order chi connectivity index (χ0) is 18.0. The van der Waals surface area contributed by atoms with Crippen molar-refractivity contribution < 1.29 is 14.3 Å². The fourth-order valence-electron chi connectivity index (χ4n) is 3.73. The Kier molecular flexibility index (Phi) is 5.27. The minimum atomic E-state index is 0.0359. The summed E-state index contributed by atoms with van der Waals surface area (Å²) in [5, 5.41) is 2.85.